The third-order valence-electron chi connectivity index (χ3n) is 5.13. The SMILES string of the molecule is C[C@H](Oc1ccc(C=Nn2c(-c3cccc(C(F)(F)F)c3)nc3ccccc3c2=O)cc1I)C(=O)O. The van der Waals surface area contributed by atoms with E-state index in [9.17, 15) is 22.8 Å². The molecule has 184 valence electrons. The van der Waals surface area contributed by atoms with Crippen molar-refractivity contribution < 1.29 is 27.8 Å². The van der Waals surface area contributed by atoms with Crippen molar-refractivity contribution >= 4 is 45.7 Å². The zero-order valence-electron chi connectivity index (χ0n) is 18.5. The van der Waals surface area contributed by atoms with E-state index < -0.39 is 29.4 Å². The Labute approximate surface area is 216 Å². The van der Waals surface area contributed by atoms with E-state index in [2.05, 4.69) is 10.1 Å². The second-order valence-corrected chi connectivity index (χ2v) is 8.84. The van der Waals surface area contributed by atoms with Gasteiger partial charge in [0.15, 0.2) is 11.9 Å². The zero-order valence-corrected chi connectivity index (χ0v) is 20.7. The maximum atomic E-state index is 13.3. The van der Waals surface area contributed by atoms with E-state index in [1.165, 1.54) is 25.3 Å². The maximum Gasteiger partial charge on any atom is 0.416 e. The minimum Gasteiger partial charge on any atom is -0.479 e. The number of ether oxygens (including phenoxy) is 1. The molecule has 0 aliphatic rings. The Hall–Kier alpha value is -3.74. The summed E-state index contributed by atoms with van der Waals surface area (Å²) in [6.45, 7) is 1.40. The molecule has 36 heavy (non-hydrogen) atoms. The van der Waals surface area contributed by atoms with Gasteiger partial charge in [-0.05, 0) is 77.5 Å². The highest BCUT2D eigenvalue weighted by Crippen LogP contribution is 2.32. The second kappa shape index (κ2) is 10.1. The first-order valence-electron chi connectivity index (χ1n) is 10.5. The Morgan fingerprint density at radius 1 is 1.14 bits per heavy atom. The summed E-state index contributed by atoms with van der Waals surface area (Å²) in [4.78, 5) is 28.7. The van der Waals surface area contributed by atoms with Gasteiger partial charge in [-0.15, -0.1) is 0 Å². The van der Waals surface area contributed by atoms with Gasteiger partial charge in [0.05, 0.1) is 26.3 Å². The molecule has 0 unspecified atom stereocenters. The van der Waals surface area contributed by atoms with E-state index in [-0.39, 0.29) is 16.8 Å². The number of aromatic nitrogens is 2. The van der Waals surface area contributed by atoms with E-state index in [0.717, 1.165) is 16.8 Å². The van der Waals surface area contributed by atoms with Crippen LogP contribution in [0.25, 0.3) is 22.3 Å². The molecule has 1 heterocycles. The highest BCUT2D eigenvalue weighted by atomic mass is 127. The summed E-state index contributed by atoms with van der Waals surface area (Å²) >= 11 is 1.98. The molecule has 0 saturated heterocycles. The molecule has 0 radical (unpaired) electrons. The van der Waals surface area contributed by atoms with Crippen LogP contribution in [0.4, 0.5) is 13.2 Å². The Morgan fingerprint density at radius 2 is 1.89 bits per heavy atom. The molecule has 0 amide bonds. The molecule has 1 N–H and O–H groups in total. The molecule has 4 rings (SSSR count). The van der Waals surface area contributed by atoms with Crippen LogP contribution in [0.15, 0.2) is 76.6 Å². The number of carbonyl (C=O) groups is 1. The zero-order chi connectivity index (χ0) is 26.0. The first-order chi connectivity index (χ1) is 17.0. The Morgan fingerprint density at radius 3 is 2.58 bits per heavy atom. The normalized spacial score (nSPS) is 12.7. The summed E-state index contributed by atoms with van der Waals surface area (Å²) in [6.07, 6.45) is -4.25. The molecule has 1 aromatic heterocycles. The van der Waals surface area contributed by atoms with Crippen LogP contribution in [0.1, 0.15) is 18.1 Å². The standard InChI is InChI=1S/C25H17F3IN3O4/c1-14(24(34)35)36-21-10-9-15(11-19(21)29)13-30-32-22(16-5-4-6-17(12-16)25(26,27)28)31-20-8-3-2-7-18(20)23(32)33/h2-14H,1H3,(H,34,35)/t14-/m0/s1. The topological polar surface area (TPSA) is 93.8 Å². The average molecular weight is 607 g/mol. The predicted molar refractivity (Wildman–Crippen MR) is 136 cm³/mol. The summed E-state index contributed by atoms with van der Waals surface area (Å²) in [5, 5.41) is 13.5. The number of hydrogen-bond donors (Lipinski definition) is 1. The Balaban J connectivity index is 1.80. The molecular weight excluding hydrogens is 590 g/mol. The van der Waals surface area contributed by atoms with Crippen molar-refractivity contribution in [1.82, 2.24) is 9.66 Å². The largest absolute Gasteiger partial charge is 0.479 e. The molecule has 0 fully saturated rings. The average Bonchev–Trinajstić information content (AvgIpc) is 2.84. The van der Waals surface area contributed by atoms with Gasteiger partial charge >= 0.3 is 12.1 Å². The van der Waals surface area contributed by atoms with Crippen molar-refractivity contribution in [2.24, 2.45) is 5.10 Å². The van der Waals surface area contributed by atoms with Crippen LogP contribution >= 0.6 is 22.6 Å². The summed E-state index contributed by atoms with van der Waals surface area (Å²) in [7, 11) is 0. The number of para-hydroxylation sites is 1. The van der Waals surface area contributed by atoms with Crippen LogP contribution in [0, 0.1) is 3.57 Å². The van der Waals surface area contributed by atoms with Gasteiger partial charge in [0.2, 0.25) is 0 Å². The van der Waals surface area contributed by atoms with Gasteiger partial charge in [0.1, 0.15) is 5.75 Å². The minimum atomic E-state index is -4.57. The number of carboxylic acid groups (broad SMARTS) is 1. The lowest BCUT2D eigenvalue weighted by Crippen LogP contribution is -2.23. The van der Waals surface area contributed by atoms with Gasteiger partial charge in [-0.3, -0.25) is 4.79 Å². The van der Waals surface area contributed by atoms with Gasteiger partial charge in [-0.25, -0.2) is 9.78 Å². The van der Waals surface area contributed by atoms with E-state index >= 15 is 0 Å². The first-order valence-corrected chi connectivity index (χ1v) is 11.6. The Kier molecular flexibility index (Phi) is 7.11. The van der Waals surface area contributed by atoms with Crippen LogP contribution in [0.2, 0.25) is 0 Å². The van der Waals surface area contributed by atoms with Gasteiger partial charge in [0, 0.05) is 5.56 Å². The van der Waals surface area contributed by atoms with Crippen LogP contribution in [0.3, 0.4) is 0 Å². The van der Waals surface area contributed by atoms with Gasteiger partial charge < -0.3 is 9.84 Å². The molecule has 0 aliphatic heterocycles. The second-order valence-electron chi connectivity index (χ2n) is 7.68. The van der Waals surface area contributed by atoms with E-state index in [1.54, 1.807) is 42.5 Å². The lowest BCUT2D eigenvalue weighted by molar-refractivity contribution is -0.144. The van der Waals surface area contributed by atoms with E-state index in [4.69, 9.17) is 9.84 Å². The number of nitrogens with zero attached hydrogens (tertiary/aromatic N) is 3. The molecule has 4 aromatic rings. The van der Waals surface area contributed by atoms with Crippen molar-refractivity contribution in [2.75, 3.05) is 0 Å². The molecule has 3 aromatic carbocycles. The van der Waals surface area contributed by atoms with Crippen molar-refractivity contribution in [3.63, 3.8) is 0 Å². The van der Waals surface area contributed by atoms with Crippen molar-refractivity contribution in [1.29, 1.82) is 0 Å². The first kappa shape index (κ1) is 25.4. The van der Waals surface area contributed by atoms with Crippen LogP contribution in [-0.4, -0.2) is 33.1 Å². The molecule has 7 nitrogen and oxygen atoms in total. The van der Waals surface area contributed by atoms with Crippen LogP contribution < -0.4 is 10.3 Å². The number of rotatable bonds is 6. The number of halogens is 4. The van der Waals surface area contributed by atoms with Crippen molar-refractivity contribution in [3.8, 4) is 17.1 Å². The van der Waals surface area contributed by atoms with Gasteiger partial charge in [0.25, 0.3) is 5.56 Å². The summed E-state index contributed by atoms with van der Waals surface area (Å²) in [6, 6.07) is 15.9. The minimum absolute atomic E-state index is 0.0500. The number of benzene rings is 3. The number of carboxylic acids is 1. The number of aliphatic carboxylic acids is 1. The van der Waals surface area contributed by atoms with E-state index in [0.29, 0.717) is 20.4 Å². The van der Waals surface area contributed by atoms with Crippen LogP contribution in [0.5, 0.6) is 5.75 Å². The molecule has 0 bridgehead atoms. The molecule has 11 heteroatoms. The highest BCUT2D eigenvalue weighted by Gasteiger charge is 2.31. The Bertz CT molecular complexity index is 1550. The number of alkyl halides is 3. The quantitative estimate of drug-likeness (QED) is 0.234. The number of fused-ring (bicyclic) bond motifs is 1. The monoisotopic (exact) mass is 607 g/mol. The summed E-state index contributed by atoms with van der Waals surface area (Å²) in [5.74, 6) is -0.801. The molecule has 0 aliphatic carbocycles. The van der Waals surface area contributed by atoms with E-state index in [1.807, 2.05) is 22.6 Å². The third kappa shape index (κ3) is 5.40. The smallest absolute Gasteiger partial charge is 0.416 e. The maximum absolute atomic E-state index is 13.3. The molecule has 0 saturated carbocycles. The lowest BCUT2D eigenvalue weighted by Gasteiger charge is -2.13. The summed E-state index contributed by atoms with van der Waals surface area (Å²) in [5.41, 5.74) is -0.478. The van der Waals surface area contributed by atoms with Crippen molar-refractivity contribution in [2.45, 2.75) is 19.2 Å². The fourth-order valence-electron chi connectivity index (χ4n) is 3.31. The fourth-order valence-corrected chi connectivity index (χ4v) is 3.98. The molecular formula is C25H17F3IN3O4. The molecule has 0 spiro atoms. The number of hydrogen-bond acceptors (Lipinski definition) is 5. The lowest BCUT2D eigenvalue weighted by atomic mass is 10.1. The van der Waals surface area contributed by atoms with Gasteiger partial charge in [-0.2, -0.15) is 22.9 Å². The molecule has 1 atom stereocenters. The fraction of sp³-hybridized carbons (Fsp3) is 0.120. The highest BCUT2D eigenvalue weighted by molar-refractivity contribution is 14.1. The van der Waals surface area contributed by atoms with Crippen molar-refractivity contribution in [3.05, 3.63) is 91.8 Å². The third-order valence-corrected chi connectivity index (χ3v) is 5.97. The van der Waals surface area contributed by atoms with Gasteiger partial charge in [-0.1, -0.05) is 24.3 Å². The summed E-state index contributed by atoms with van der Waals surface area (Å²) < 4.78 is 46.9. The van der Waals surface area contributed by atoms with Crippen LogP contribution in [-0.2, 0) is 11.0 Å². The predicted octanol–water partition coefficient (Wildman–Crippen LogP) is 5.42.